The van der Waals surface area contributed by atoms with Gasteiger partial charge in [-0.05, 0) is 65.5 Å². The molecule has 3 aliphatic heterocycles. The van der Waals surface area contributed by atoms with Crippen molar-refractivity contribution in [3.8, 4) is 0 Å². The molecule has 110 valence electrons. The lowest BCUT2D eigenvalue weighted by Crippen LogP contribution is -2.55. The van der Waals surface area contributed by atoms with Crippen LogP contribution in [0.4, 0.5) is 0 Å². The Kier molecular flexibility index (Phi) is 4.45. The van der Waals surface area contributed by atoms with Gasteiger partial charge in [0.05, 0.1) is 0 Å². The van der Waals surface area contributed by atoms with Gasteiger partial charge in [-0.3, -0.25) is 0 Å². The molecule has 4 atom stereocenters. The van der Waals surface area contributed by atoms with Crippen LogP contribution in [0.1, 0.15) is 58.3 Å². The molecule has 3 heteroatoms. The van der Waals surface area contributed by atoms with E-state index in [1.807, 2.05) is 0 Å². The topological polar surface area (TPSA) is 27.3 Å². The molecule has 2 bridgehead atoms. The summed E-state index contributed by atoms with van der Waals surface area (Å²) in [6, 6.07) is 3.91. The molecule has 4 unspecified atom stereocenters. The molecule has 0 aromatic heterocycles. The van der Waals surface area contributed by atoms with Crippen LogP contribution in [0.25, 0.3) is 0 Å². The molecule has 0 saturated carbocycles. The van der Waals surface area contributed by atoms with Gasteiger partial charge in [-0.15, -0.1) is 0 Å². The summed E-state index contributed by atoms with van der Waals surface area (Å²) >= 11 is 0. The van der Waals surface area contributed by atoms with E-state index < -0.39 is 0 Å². The highest BCUT2D eigenvalue weighted by Gasteiger charge is 2.36. The lowest BCUT2D eigenvalue weighted by atomic mass is 9.82. The maximum atomic E-state index is 3.93. The van der Waals surface area contributed by atoms with E-state index in [9.17, 15) is 0 Å². The smallest absolute Gasteiger partial charge is 0.0110 e. The highest BCUT2D eigenvalue weighted by atomic mass is 15.2. The summed E-state index contributed by atoms with van der Waals surface area (Å²) in [5.41, 5.74) is 0. The van der Waals surface area contributed by atoms with Crippen molar-refractivity contribution in [2.75, 3.05) is 13.6 Å². The van der Waals surface area contributed by atoms with E-state index in [0.29, 0.717) is 6.04 Å². The van der Waals surface area contributed by atoms with Gasteiger partial charge in [0, 0.05) is 30.2 Å². The molecule has 19 heavy (non-hydrogen) atoms. The summed E-state index contributed by atoms with van der Waals surface area (Å²) in [5.74, 6) is 0. The van der Waals surface area contributed by atoms with Gasteiger partial charge >= 0.3 is 0 Å². The van der Waals surface area contributed by atoms with Crippen LogP contribution in [0.15, 0.2) is 0 Å². The van der Waals surface area contributed by atoms with Gasteiger partial charge in [0.1, 0.15) is 0 Å². The van der Waals surface area contributed by atoms with Crippen molar-refractivity contribution < 1.29 is 0 Å². The Morgan fingerprint density at radius 2 is 1.89 bits per heavy atom. The Hall–Kier alpha value is -0.120. The molecule has 0 spiro atoms. The first-order chi connectivity index (χ1) is 9.22. The fourth-order valence-corrected chi connectivity index (χ4v) is 4.61. The van der Waals surface area contributed by atoms with Crippen molar-refractivity contribution in [2.24, 2.45) is 0 Å². The number of piperidine rings is 2. The van der Waals surface area contributed by atoms with Crippen LogP contribution >= 0.6 is 0 Å². The number of nitrogens with one attached hydrogen (secondary N) is 2. The summed E-state index contributed by atoms with van der Waals surface area (Å²) in [4.78, 5) is 2.66. The molecule has 3 saturated heterocycles. The molecule has 0 aromatic carbocycles. The van der Waals surface area contributed by atoms with E-state index in [1.54, 1.807) is 0 Å². The Balaban J connectivity index is 1.47. The first kappa shape index (κ1) is 13.8. The van der Waals surface area contributed by atoms with E-state index in [0.717, 1.165) is 24.2 Å². The van der Waals surface area contributed by atoms with Crippen LogP contribution in [0.2, 0.25) is 0 Å². The third kappa shape index (κ3) is 3.32. The molecule has 0 aromatic rings. The van der Waals surface area contributed by atoms with E-state index in [-0.39, 0.29) is 0 Å². The van der Waals surface area contributed by atoms with Crippen molar-refractivity contribution >= 4 is 0 Å². The quantitative estimate of drug-likeness (QED) is 0.815. The molecule has 3 fully saturated rings. The van der Waals surface area contributed by atoms with Gasteiger partial charge in [-0.1, -0.05) is 6.42 Å². The minimum Gasteiger partial charge on any atom is -0.314 e. The van der Waals surface area contributed by atoms with Crippen molar-refractivity contribution in [2.45, 2.75) is 88.5 Å². The highest BCUT2D eigenvalue weighted by molar-refractivity contribution is 4.94. The summed E-state index contributed by atoms with van der Waals surface area (Å²) in [6.45, 7) is 3.61. The van der Waals surface area contributed by atoms with Crippen LogP contribution in [0, 0.1) is 0 Å². The van der Waals surface area contributed by atoms with Crippen LogP contribution in [-0.2, 0) is 0 Å². The third-order valence-corrected chi connectivity index (χ3v) is 5.66. The minimum absolute atomic E-state index is 0.671. The minimum atomic E-state index is 0.671. The lowest BCUT2D eigenvalue weighted by molar-refractivity contribution is 0.0458. The standard InChI is InChI=1S/C16H31N3/c1-12(9-13-5-4-8-17-13)18-14-10-15-6-3-7-16(11-14)19(15)2/h12-18H,3-11H2,1-2H3. The Labute approximate surface area is 118 Å². The van der Waals surface area contributed by atoms with Crippen molar-refractivity contribution in [3.05, 3.63) is 0 Å². The van der Waals surface area contributed by atoms with Crippen molar-refractivity contribution in [1.82, 2.24) is 15.5 Å². The maximum absolute atomic E-state index is 3.93. The molecule has 2 N–H and O–H groups in total. The third-order valence-electron chi connectivity index (χ3n) is 5.66. The van der Waals surface area contributed by atoms with E-state index in [1.165, 1.54) is 57.9 Å². The summed E-state index contributed by atoms with van der Waals surface area (Å²) < 4.78 is 0. The number of nitrogens with zero attached hydrogens (tertiary/aromatic N) is 1. The summed E-state index contributed by atoms with van der Waals surface area (Å²) in [6.07, 6.45) is 11.1. The molecular weight excluding hydrogens is 234 g/mol. The second-order valence-corrected chi connectivity index (χ2v) is 7.17. The highest BCUT2D eigenvalue weighted by Crippen LogP contribution is 2.32. The Morgan fingerprint density at radius 3 is 2.53 bits per heavy atom. The van der Waals surface area contributed by atoms with E-state index in [4.69, 9.17) is 0 Å². The van der Waals surface area contributed by atoms with Crippen molar-refractivity contribution in [1.29, 1.82) is 0 Å². The van der Waals surface area contributed by atoms with Gasteiger partial charge in [0.25, 0.3) is 0 Å². The summed E-state index contributed by atoms with van der Waals surface area (Å²) in [5, 5.41) is 7.55. The fraction of sp³-hybridized carbons (Fsp3) is 1.00. The second kappa shape index (κ2) is 6.11. The Morgan fingerprint density at radius 1 is 1.16 bits per heavy atom. The van der Waals surface area contributed by atoms with Crippen LogP contribution in [0.3, 0.4) is 0 Å². The fourth-order valence-electron chi connectivity index (χ4n) is 4.61. The maximum Gasteiger partial charge on any atom is 0.0110 e. The van der Waals surface area contributed by atoms with Gasteiger partial charge in [-0.2, -0.15) is 0 Å². The number of rotatable bonds is 4. The number of hydrogen-bond acceptors (Lipinski definition) is 3. The number of hydrogen-bond donors (Lipinski definition) is 2. The van der Waals surface area contributed by atoms with Gasteiger partial charge in [0.2, 0.25) is 0 Å². The van der Waals surface area contributed by atoms with Crippen LogP contribution in [0.5, 0.6) is 0 Å². The zero-order valence-electron chi connectivity index (χ0n) is 12.7. The van der Waals surface area contributed by atoms with Crippen LogP contribution in [-0.4, -0.2) is 48.7 Å². The number of fused-ring (bicyclic) bond motifs is 2. The van der Waals surface area contributed by atoms with E-state index in [2.05, 4.69) is 29.5 Å². The monoisotopic (exact) mass is 265 g/mol. The van der Waals surface area contributed by atoms with Crippen molar-refractivity contribution in [3.63, 3.8) is 0 Å². The Bertz CT molecular complexity index is 274. The first-order valence-electron chi connectivity index (χ1n) is 8.43. The van der Waals surface area contributed by atoms with E-state index >= 15 is 0 Å². The van der Waals surface area contributed by atoms with Gasteiger partial charge in [-0.25, -0.2) is 0 Å². The first-order valence-corrected chi connectivity index (χ1v) is 8.43. The average Bonchev–Trinajstić information content (AvgIpc) is 2.83. The molecule has 3 rings (SSSR count). The predicted octanol–water partition coefficient (Wildman–Crippen LogP) is 2.12. The van der Waals surface area contributed by atoms with Gasteiger partial charge in [0.15, 0.2) is 0 Å². The SMILES string of the molecule is CC(CC1CCCN1)NC1CC2CCCC(C1)N2C. The molecule has 0 amide bonds. The molecular formula is C16H31N3. The molecule has 3 nitrogen and oxygen atoms in total. The predicted molar refractivity (Wildman–Crippen MR) is 80.5 cm³/mol. The molecule has 3 aliphatic rings. The molecule has 0 aliphatic carbocycles. The van der Waals surface area contributed by atoms with Gasteiger partial charge < -0.3 is 15.5 Å². The molecule has 3 heterocycles. The zero-order chi connectivity index (χ0) is 13.2. The normalized spacial score (nSPS) is 41.4. The largest absolute Gasteiger partial charge is 0.314 e. The molecule has 0 radical (unpaired) electrons. The lowest BCUT2D eigenvalue weighted by Gasteiger charge is -2.47. The summed E-state index contributed by atoms with van der Waals surface area (Å²) in [7, 11) is 2.34. The second-order valence-electron chi connectivity index (χ2n) is 7.17. The van der Waals surface area contributed by atoms with Crippen LogP contribution < -0.4 is 10.6 Å². The average molecular weight is 265 g/mol. The zero-order valence-corrected chi connectivity index (χ0v) is 12.7.